The Balaban J connectivity index is 3.32. The summed E-state index contributed by atoms with van der Waals surface area (Å²) in [6.45, 7) is 12.4. The number of nitrogens with one attached hydrogen (secondary N) is 2. The lowest BCUT2D eigenvalue weighted by atomic mass is 9.97. The molecule has 0 heterocycles. The van der Waals surface area contributed by atoms with Gasteiger partial charge in [0.25, 0.3) is 0 Å². The Hall–Kier alpha value is -2.22. The van der Waals surface area contributed by atoms with Crippen LogP contribution in [0.5, 0.6) is 0 Å². The highest BCUT2D eigenvalue weighted by Crippen LogP contribution is 2.26. The molecule has 7 nitrogen and oxygen atoms in total. The van der Waals surface area contributed by atoms with E-state index in [1.54, 1.807) is 25.7 Å². The minimum atomic E-state index is -0.922. The van der Waals surface area contributed by atoms with Gasteiger partial charge in [-0.1, -0.05) is 63.8 Å². The third kappa shape index (κ3) is 10.9. The fourth-order valence-electron chi connectivity index (χ4n) is 3.76. The van der Waals surface area contributed by atoms with Crippen LogP contribution < -0.4 is 10.6 Å². The summed E-state index contributed by atoms with van der Waals surface area (Å²) in [6, 6.07) is 5.90. The Morgan fingerprint density at radius 1 is 1.03 bits per heavy atom. The van der Waals surface area contributed by atoms with Crippen molar-refractivity contribution in [2.45, 2.75) is 97.8 Å². The minimum Gasteiger partial charge on any atom is -0.444 e. The van der Waals surface area contributed by atoms with Gasteiger partial charge in [0.05, 0.1) is 0 Å². The van der Waals surface area contributed by atoms with E-state index < -0.39 is 23.8 Å². The van der Waals surface area contributed by atoms with Crippen molar-refractivity contribution >= 4 is 30.5 Å². The number of aryl methyl sites for hydroxylation is 1. The van der Waals surface area contributed by atoms with Gasteiger partial charge in [-0.25, -0.2) is 4.79 Å². The minimum absolute atomic E-state index is 0.0843. The van der Waals surface area contributed by atoms with Gasteiger partial charge in [-0.2, -0.15) is 12.6 Å². The second kappa shape index (κ2) is 15.7. The van der Waals surface area contributed by atoms with Crippen LogP contribution in [0.3, 0.4) is 0 Å². The molecule has 0 radical (unpaired) electrons. The molecule has 2 atom stereocenters. The van der Waals surface area contributed by atoms with Gasteiger partial charge in [0.2, 0.25) is 11.8 Å². The molecule has 0 aromatic heterocycles. The molecule has 1 rings (SSSR count). The second-order valence-corrected chi connectivity index (χ2v) is 10.2. The summed E-state index contributed by atoms with van der Waals surface area (Å²) >= 11 is 4.33. The number of benzene rings is 1. The maximum absolute atomic E-state index is 13.8. The van der Waals surface area contributed by atoms with E-state index in [9.17, 15) is 14.4 Å². The van der Waals surface area contributed by atoms with Crippen molar-refractivity contribution in [3.8, 4) is 0 Å². The van der Waals surface area contributed by atoms with Crippen molar-refractivity contribution in [3.63, 3.8) is 0 Å². The highest BCUT2D eigenvalue weighted by atomic mass is 32.1. The van der Waals surface area contributed by atoms with Gasteiger partial charge in [-0.15, -0.1) is 0 Å². The van der Waals surface area contributed by atoms with Crippen LogP contribution in [0, 0.1) is 6.92 Å². The molecule has 0 fully saturated rings. The van der Waals surface area contributed by atoms with E-state index in [0.717, 1.165) is 49.7 Å². The maximum Gasteiger partial charge on any atom is 0.408 e. The lowest BCUT2D eigenvalue weighted by Gasteiger charge is -2.35. The smallest absolute Gasteiger partial charge is 0.408 e. The second-order valence-electron chi connectivity index (χ2n) is 9.88. The first-order valence-corrected chi connectivity index (χ1v) is 13.4. The summed E-state index contributed by atoms with van der Waals surface area (Å²) in [7, 11) is 0. The lowest BCUT2D eigenvalue weighted by Crippen LogP contribution is -2.54. The summed E-state index contributed by atoms with van der Waals surface area (Å²) in [6.07, 6.45) is 4.93. The fraction of sp³-hybridized carbons (Fsp3) is 0.667. The zero-order chi connectivity index (χ0) is 26.4. The van der Waals surface area contributed by atoms with E-state index in [1.807, 2.05) is 31.2 Å². The van der Waals surface area contributed by atoms with Gasteiger partial charge in [-0.3, -0.25) is 9.59 Å². The Kier molecular flexibility index (Phi) is 13.8. The van der Waals surface area contributed by atoms with Crippen LogP contribution in [0.4, 0.5) is 4.79 Å². The van der Waals surface area contributed by atoms with E-state index in [4.69, 9.17) is 4.74 Å². The fourth-order valence-corrected chi connectivity index (χ4v) is 4.01. The lowest BCUT2D eigenvalue weighted by molar-refractivity contribution is -0.142. The molecule has 3 amide bonds. The Labute approximate surface area is 217 Å². The Morgan fingerprint density at radius 3 is 2.23 bits per heavy atom. The largest absolute Gasteiger partial charge is 0.444 e. The van der Waals surface area contributed by atoms with E-state index in [1.165, 1.54) is 0 Å². The van der Waals surface area contributed by atoms with E-state index in [0.29, 0.717) is 13.1 Å². The molecular weight excluding hydrogens is 462 g/mol. The molecule has 1 aromatic carbocycles. The van der Waals surface area contributed by atoms with Gasteiger partial charge in [-0.05, 0) is 51.7 Å². The van der Waals surface area contributed by atoms with Gasteiger partial charge < -0.3 is 20.3 Å². The van der Waals surface area contributed by atoms with Gasteiger partial charge in [0.1, 0.15) is 17.7 Å². The highest BCUT2D eigenvalue weighted by molar-refractivity contribution is 7.80. The van der Waals surface area contributed by atoms with Crippen molar-refractivity contribution in [3.05, 3.63) is 35.4 Å². The number of rotatable bonds is 14. The number of hydrogen-bond donors (Lipinski definition) is 3. The van der Waals surface area contributed by atoms with Gasteiger partial charge in [0, 0.05) is 18.8 Å². The molecule has 0 spiro atoms. The first-order valence-electron chi connectivity index (χ1n) is 12.8. The van der Waals surface area contributed by atoms with Crippen LogP contribution in [-0.2, 0) is 14.3 Å². The average Bonchev–Trinajstić information content (AvgIpc) is 2.79. The Bertz CT molecular complexity index is 810. The maximum atomic E-state index is 13.8. The summed E-state index contributed by atoms with van der Waals surface area (Å²) in [4.78, 5) is 41.4. The number of thiol groups is 1. The molecule has 0 saturated carbocycles. The molecule has 2 N–H and O–H groups in total. The van der Waals surface area contributed by atoms with Crippen LogP contribution in [0.15, 0.2) is 24.3 Å². The molecule has 0 saturated heterocycles. The van der Waals surface area contributed by atoms with Crippen LogP contribution in [0.25, 0.3) is 0 Å². The van der Waals surface area contributed by atoms with Crippen LogP contribution in [0.2, 0.25) is 0 Å². The molecular formula is C27H45N3O4S. The standard InChI is InChI=1S/C27H45N3O4S/c1-7-9-13-17-28-24(31)23(21-16-12-11-15-20(21)3)30(18-14-10-8-2)25(32)22(19-35)29-26(33)34-27(4,5)6/h11-12,15-16,22-23,35H,7-10,13-14,17-19H2,1-6H3,(H,28,31)(H,29,33). The molecule has 0 bridgehead atoms. The number of unbranched alkanes of at least 4 members (excludes halogenated alkanes) is 4. The van der Waals surface area contributed by atoms with E-state index in [2.05, 4.69) is 37.1 Å². The zero-order valence-corrected chi connectivity index (χ0v) is 23.2. The SMILES string of the molecule is CCCCCNC(=O)C(c1ccccc1C)N(CCCCC)C(=O)C(CS)NC(=O)OC(C)(C)C. The summed E-state index contributed by atoms with van der Waals surface area (Å²) in [5, 5.41) is 5.69. The molecule has 1 aromatic rings. The molecule has 0 aliphatic rings. The van der Waals surface area contributed by atoms with E-state index in [-0.39, 0.29) is 17.6 Å². The van der Waals surface area contributed by atoms with Gasteiger partial charge in [0.15, 0.2) is 0 Å². The number of nitrogens with zero attached hydrogens (tertiary/aromatic N) is 1. The van der Waals surface area contributed by atoms with E-state index >= 15 is 0 Å². The topological polar surface area (TPSA) is 87.7 Å². The number of ether oxygens (including phenoxy) is 1. The normalized spacial score (nSPS) is 13.0. The number of hydrogen-bond acceptors (Lipinski definition) is 5. The summed E-state index contributed by atoms with van der Waals surface area (Å²) in [5.74, 6) is -0.476. The summed E-state index contributed by atoms with van der Waals surface area (Å²) in [5.41, 5.74) is 1.01. The molecule has 0 aliphatic carbocycles. The predicted molar refractivity (Wildman–Crippen MR) is 145 cm³/mol. The molecule has 2 unspecified atom stereocenters. The number of carbonyl (C=O) groups excluding carboxylic acids is 3. The van der Waals surface area contributed by atoms with Crippen LogP contribution in [0.1, 0.15) is 90.3 Å². The predicted octanol–water partition coefficient (Wildman–Crippen LogP) is 5.18. The average molecular weight is 508 g/mol. The van der Waals surface area contributed by atoms with Crippen LogP contribution >= 0.6 is 12.6 Å². The third-order valence-corrected chi connectivity index (χ3v) is 5.95. The third-order valence-electron chi connectivity index (χ3n) is 5.58. The van der Waals surface area contributed by atoms with Crippen molar-refractivity contribution < 1.29 is 19.1 Å². The van der Waals surface area contributed by atoms with Gasteiger partial charge >= 0.3 is 6.09 Å². The molecule has 35 heavy (non-hydrogen) atoms. The van der Waals surface area contributed by atoms with Crippen molar-refractivity contribution in [1.29, 1.82) is 0 Å². The molecule has 0 aliphatic heterocycles. The van der Waals surface area contributed by atoms with Crippen LogP contribution in [-0.4, -0.2) is 53.3 Å². The highest BCUT2D eigenvalue weighted by Gasteiger charge is 2.36. The first kappa shape index (κ1) is 30.8. The Morgan fingerprint density at radius 2 is 1.66 bits per heavy atom. The summed E-state index contributed by atoms with van der Waals surface area (Å²) < 4.78 is 5.35. The van der Waals surface area contributed by atoms with Crippen molar-refractivity contribution in [2.24, 2.45) is 0 Å². The molecule has 198 valence electrons. The quantitative estimate of drug-likeness (QED) is 0.239. The number of alkyl carbamates (subject to hydrolysis) is 1. The molecule has 8 heteroatoms. The number of amides is 3. The van der Waals surface area contributed by atoms with Crippen molar-refractivity contribution in [1.82, 2.24) is 15.5 Å². The first-order chi connectivity index (χ1) is 16.6. The number of carbonyl (C=O) groups is 3. The van der Waals surface area contributed by atoms with Crippen molar-refractivity contribution in [2.75, 3.05) is 18.8 Å². The zero-order valence-electron chi connectivity index (χ0n) is 22.4. The monoisotopic (exact) mass is 507 g/mol.